The normalized spacial score (nSPS) is 12.6. The smallest absolute Gasteiger partial charge is 0.108 e. The lowest BCUT2D eigenvalue weighted by Crippen LogP contribution is -3.06. The van der Waals surface area contributed by atoms with Gasteiger partial charge >= 0.3 is 0 Å². The van der Waals surface area contributed by atoms with Gasteiger partial charge in [-0.1, -0.05) is 48.5 Å². The summed E-state index contributed by atoms with van der Waals surface area (Å²) in [5, 5.41) is 0. The molecule has 2 heteroatoms. The van der Waals surface area contributed by atoms with E-state index < -0.39 is 0 Å². The van der Waals surface area contributed by atoms with Gasteiger partial charge in [-0.3, -0.25) is 0 Å². The summed E-state index contributed by atoms with van der Waals surface area (Å²) in [5.74, 6) is 0. The minimum absolute atomic E-state index is 0.0184. The maximum absolute atomic E-state index is 6.20. The molecule has 0 bridgehead atoms. The Morgan fingerprint density at radius 1 is 0.905 bits per heavy atom. The highest BCUT2D eigenvalue weighted by Gasteiger charge is 2.15. The van der Waals surface area contributed by atoms with Crippen LogP contribution in [0.15, 0.2) is 48.5 Å². The van der Waals surface area contributed by atoms with Crippen LogP contribution in [-0.4, -0.2) is 27.2 Å². The second-order valence-electron chi connectivity index (χ2n) is 5.96. The first-order valence-corrected chi connectivity index (χ1v) is 7.60. The summed E-state index contributed by atoms with van der Waals surface area (Å²) in [6.45, 7) is 6.07. The number of quaternary nitrogens is 1. The number of aryl methyl sites for hydroxylation is 2. The van der Waals surface area contributed by atoms with Crippen LogP contribution in [0, 0.1) is 13.8 Å². The quantitative estimate of drug-likeness (QED) is 0.861. The first kappa shape index (κ1) is 15.7. The molecular formula is C19H26NO+. The zero-order chi connectivity index (χ0) is 15.2. The average molecular weight is 284 g/mol. The van der Waals surface area contributed by atoms with Gasteiger partial charge in [-0.05, 0) is 36.1 Å². The van der Waals surface area contributed by atoms with Crippen LogP contribution >= 0.6 is 0 Å². The molecule has 0 unspecified atom stereocenters. The average Bonchev–Trinajstić information content (AvgIpc) is 2.47. The van der Waals surface area contributed by atoms with E-state index in [1.807, 2.05) is 6.07 Å². The third-order valence-corrected chi connectivity index (χ3v) is 3.82. The van der Waals surface area contributed by atoms with Crippen LogP contribution in [0.5, 0.6) is 0 Å². The fourth-order valence-electron chi connectivity index (χ4n) is 2.32. The molecule has 0 aliphatic heterocycles. The zero-order valence-electron chi connectivity index (χ0n) is 13.5. The van der Waals surface area contributed by atoms with Gasteiger partial charge in [0.2, 0.25) is 0 Å². The van der Waals surface area contributed by atoms with Crippen LogP contribution < -0.4 is 4.90 Å². The largest absolute Gasteiger partial charge is 0.363 e. The van der Waals surface area contributed by atoms with Gasteiger partial charge in [0.15, 0.2) is 0 Å². The maximum atomic E-state index is 6.20. The number of nitrogens with one attached hydrogen (secondary N) is 1. The molecule has 0 aliphatic rings. The number of ether oxygens (including phenoxy) is 1. The Balaban J connectivity index is 2.24. The molecule has 0 saturated carbocycles. The second-order valence-corrected chi connectivity index (χ2v) is 5.96. The number of rotatable bonds is 6. The molecular weight excluding hydrogens is 258 g/mol. The Bertz CT molecular complexity index is 563. The van der Waals surface area contributed by atoms with Crippen molar-refractivity contribution >= 4 is 0 Å². The molecule has 0 saturated heterocycles. The van der Waals surface area contributed by atoms with E-state index in [-0.39, 0.29) is 6.10 Å². The minimum Gasteiger partial charge on any atom is -0.363 e. The predicted octanol–water partition coefficient (Wildman–Crippen LogP) is 2.55. The van der Waals surface area contributed by atoms with Gasteiger partial charge in [0.05, 0.1) is 20.7 Å². The molecule has 0 amide bonds. The highest BCUT2D eigenvalue weighted by Crippen LogP contribution is 2.27. The maximum Gasteiger partial charge on any atom is 0.108 e. The minimum atomic E-state index is 0.0184. The van der Waals surface area contributed by atoms with Crippen molar-refractivity contribution in [3.63, 3.8) is 0 Å². The molecule has 2 nitrogen and oxygen atoms in total. The molecule has 0 aromatic heterocycles. The molecule has 2 aromatic carbocycles. The lowest BCUT2D eigenvalue weighted by atomic mass is 9.98. The van der Waals surface area contributed by atoms with Gasteiger partial charge in [0.1, 0.15) is 12.6 Å². The van der Waals surface area contributed by atoms with Gasteiger partial charge in [-0.25, -0.2) is 0 Å². The molecule has 2 rings (SSSR count). The Morgan fingerprint density at radius 3 is 2.24 bits per heavy atom. The monoisotopic (exact) mass is 284 g/mol. The van der Waals surface area contributed by atoms with E-state index in [1.54, 1.807) is 0 Å². The fraction of sp³-hybridized carbons (Fsp3) is 0.368. The van der Waals surface area contributed by atoms with Crippen LogP contribution in [0.25, 0.3) is 0 Å². The lowest BCUT2D eigenvalue weighted by Gasteiger charge is -2.20. The Hall–Kier alpha value is -1.64. The van der Waals surface area contributed by atoms with Crippen LogP contribution in [0.2, 0.25) is 0 Å². The number of benzene rings is 2. The molecule has 0 spiro atoms. The van der Waals surface area contributed by atoms with E-state index in [1.165, 1.54) is 27.2 Å². The summed E-state index contributed by atoms with van der Waals surface area (Å²) in [6, 6.07) is 17.1. The van der Waals surface area contributed by atoms with E-state index >= 15 is 0 Å². The molecule has 0 fully saturated rings. The lowest BCUT2D eigenvalue weighted by molar-refractivity contribution is -0.858. The van der Waals surface area contributed by atoms with E-state index in [2.05, 4.69) is 70.4 Å². The van der Waals surface area contributed by atoms with E-state index in [0.29, 0.717) is 0 Å². The van der Waals surface area contributed by atoms with E-state index in [4.69, 9.17) is 4.74 Å². The van der Waals surface area contributed by atoms with Crippen LogP contribution in [-0.2, 0) is 4.74 Å². The third-order valence-electron chi connectivity index (χ3n) is 3.82. The van der Waals surface area contributed by atoms with Gasteiger partial charge in [0, 0.05) is 0 Å². The van der Waals surface area contributed by atoms with Gasteiger partial charge in [-0.2, -0.15) is 0 Å². The second kappa shape index (κ2) is 7.39. The summed E-state index contributed by atoms with van der Waals surface area (Å²) in [6.07, 6.45) is 0.0184. The molecule has 1 atom stereocenters. The molecule has 112 valence electrons. The highest BCUT2D eigenvalue weighted by atomic mass is 16.5. The summed E-state index contributed by atoms with van der Waals surface area (Å²) in [4.78, 5) is 1.40. The molecule has 0 radical (unpaired) electrons. The van der Waals surface area contributed by atoms with Crippen molar-refractivity contribution in [3.05, 3.63) is 70.8 Å². The molecule has 21 heavy (non-hydrogen) atoms. The SMILES string of the molecule is Cc1ccc([C@@H](OCC[NH+](C)C)c2ccccc2)cc1C. The first-order chi connectivity index (χ1) is 10.1. The number of hydrogen-bond donors (Lipinski definition) is 1. The molecule has 2 aromatic rings. The van der Waals surface area contributed by atoms with Crippen molar-refractivity contribution in [2.75, 3.05) is 27.2 Å². The van der Waals surface area contributed by atoms with E-state index in [9.17, 15) is 0 Å². The van der Waals surface area contributed by atoms with E-state index in [0.717, 1.165) is 13.2 Å². The van der Waals surface area contributed by atoms with Crippen molar-refractivity contribution in [1.29, 1.82) is 0 Å². The highest BCUT2D eigenvalue weighted by molar-refractivity contribution is 5.36. The Labute approximate surface area is 128 Å². The predicted molar refractivity (Wildman–Crippen MR) is 87.8 cm³/mol. The third kappa shape index (κ3) is 4.42. The van der Waals surface area contributed by atoms with Crippen LogP contribution in [0.1, 0.15) is 28.4 Å². The topological polar surface area (TPSA) is 13.7 Å². The number of likely N-dealkylation sites (N-methyl/N-ethyl adjacent to an activating group) is 1. The van der Waals surface area contributed by atoms with Gasteiger partial charge < -0.3 is 9.64 Å². The van der Waals surface area contributed by atoms with Crippen molar-refractivity contribution in [2.24, 2.45) is 0 Å². The fourth-order valence-corrected chi connectivity index (χ4v) is 2.32. The van der Waals surface area contributed by atoms with Crippen molar-refractivity contribution in [2.45, 2.75) is 20.0 Å². The van der Waals surface area contributed by atoms with Crippen LogP contribution in [0.3, 0.4) is 0 Å². The standard InChI is InChI=1S/C19H25NO/c1-15-10-11-18(14-16(15)2)19(21-13-12-20(3)4)17-8-6-5-7-9-17/h5-11,14,19H,12-13H2,1-4H3/p+1/t19-/m0/s1. The Kier molecular flexibility index (Phi) is 5.54. The number of hydrogen-bond acceptors (Lipinski definition) is 1. The Morgan fingerprint density at radius 2 is 1.62 bits per heavy atom. The summed E-state index contributed by atoms with van der Waals surface area (Å²) in [5.41, 5.74) is 5.09. The van der Waals surface area contributed by atoms with Crippen molar-refractivity contribution in [3.8, 4) is 0 Å². The molecule has 1 N–H and O–H groups in total. The van der Waals surface area contributed by atoms with Crippen molar-refractivity contribution in [1.82, 2.24) is 0 Å². The van der Waals surface area contributed by atoms with Crippen molar-refractivity contribution < 1.29 is 9.64 Å². The zero-order valence-corrected chi connectivity index (χ0v) is 13.5. The van der Waals surface area contributed by atoms with Gasteiger partial charge in [-0.15, -0.1) is 0 Å². The first-order valence-electron chi connectivity index (χ1n) is 7.60. The molecule has 0 heterocycles. The summed E-state index contributed by atoms with van der Waals surface area (Å²) >= 11 is 0. The molecule has 0 aliphatic carbocycles. The summed E-state index contributed by atoms with van der Waals surface area (Å²) < 4.78 is 6.20. The summed E-state index contributed by atoms with van der Waals surface area (Å²) in [7, 11) is 4.30. The van der Waals surface area contributed by atoms with Gasteiger partial charge in [0.25, 0.3) is 0 Å². The van der Waals surface area contributed by atoms with Crippen LogP contribution in [0.4, 0.5) is 0 Å².